The summed E-state index contributed by atoms with van der Waals surface area (Å²) in [4.78, 5) is 13.0. The van der Waals surface area contributed by atoms with Gasteiger partial charge in [-0.05, 0) is 12.8 Å². The number of hydrogen-bond acceptors (Lipinski definition) is 2. The smallest absolute Gasteiger partial charge is 0.255 e. The van der Waals surface area contributed by atoms with Crippen LogP contribution in [0.15, 0.2) is 0 Å². The van der Waals surface area contributed by atoms with Crippen LogP contribution in [0.1, 0.15) is 33.1 Å². The number of nitrogens with one attached hydrogen (secondary N) is 1. The van der Waals surface area contributed by atoms with Crippen LogP contribution in [0.5, 0.6) is 0 Å². The molecule has 1 unspecified atom stereocenters. The Morgan fingerprint density at radius 2 is 1.94 bits per heavy atom. The summed E-state index contributed by atoms with van der Waals surface area (Å²) in [6.07, 6.45) is 1.74. The molecule has 1 amide bonds. The van der Waals surface area contributed by atoms with Gasteiger partial charge in [-0.1, -0.05) is 6.92 Å². The minimum Gasteiger partial charge on any atom is -0.354 e. The number of likely N-dealkylation sites (tertiary alicyclic amines) is 1. The summed E-state index contributed by atoms with van der Waals surface area (Å²) < 4.78 is 26.2. The van der Waals surface area contributed by atoms with E-state index in [1.165, 1.54) is 6.92 Å². The third-order valence-corrected chi connectivity index (χ3v) is 3.94. The third kappa shape index (κ3) is 2.76. The monoisotopic (exact) mass is 246 g/mol. The maximum atomic E-state index is 13.1. The number of nitrogens with zero attached hydrogens (tertiary/aromatic N) is 1. The quantitative estimate of drug-likeness (QED) is 0.821. The summed E-state index contributed by atoms with van der Waals surface area (Å²) >= 11 is 0. The lowest BCUT2D eigenvalue weighted by atomic mass is 10.0. The van der Waals surface area contributed by atoms with E-state index in [4.69, 9.17) is 0 Å². The first-order chi connectivity index (χ1) is 7.82. The number of hydrogen-bond donors (Lipinski definition) is 1. The van der Waals surface area contributed by atoms with Crippen molar-refractivity contribution in [3.63, 3.8) is 0 Å². The Morgan fingerprint density at radius 3 is 2.35 bits per heavy atom. The highest BCUT2D eigenvalue weighted by molar-refractivity contribution is 5.73. The molecular formula is C12H20F2N2O. The Hall–Kier alpha value is -0.710. The molecule has 2 rings (SSSR count). The predicted molar refractivity (Wildman–Crippen MR) is 60.9 cm³/mol. The molecule has 0 radical (unpaired) electrons. The summed E-state index contributed by atoms with van der Waals surface area (Å²) in [5, 5.41) is 2.88. The van der Waals surface area contributed by atoms with E-state index in [0.717, 1.165) is 25.9 Å². The summed E-state index contributed by atoms with van der Waals surface area (Å²) in [7, 11) is 0. The SMILES string of the molecule is CC(=O)NC1CCN(CC2(C)CC2(F)F)CC1. The lowest BCUT2D eigenvalue weighted by molar-refractivity contribution is -0.120. The van der Waals surface area contributed by atoms with Gasteiger partial charge in [-0.2, -0.15) is 0 Å². The number of alkyl halides is 2. The van der Waals surface area contributed by atoms with Crippen molar-refractivity contribution in [1.82, 2.24) is 10.2 Å². The average molecular weight is 246 g/mol. The largest absolute Gasteiger partial charge is 0.354 e. The summed E-state index contributed by atoms with van der Waals surface area (Å²) in [5.74, 6) is -2.48. The molecule has 1 aliphatic heterocycles. The predicted octanol–water partition coefficient (Wildman–Crippen LogP) is 1.63. The lowest BCUT2D eigenvalue weighted by Gasteiger charge is -2.33. The maximum Gasteiger partial charge on any atom is 0.255 e. The van der Waals surface area contributed by atoms with Gasteiger partial charge >= 0.3 is 0 Å². The molecule has 1 atom stereocenters. The first kappa shape index (κ1) is 12.7. The average Bonchev–Trinajstić information content (AvgIpc) is 2.67. The van der Waals surface area contributed by atoms with Gasteiger partial charge in [0.05, 0.1) is 0 Å². The zero-order chi connectivity index (χ0) is 12.7. The molecule has 2 aliphatic rings. The van der Waals surface area contributed by atoms with Crippen molar-refractivity contribution in [2.24, 2.45) is 5.41 Å². The van der Waals surface area contributed by atoms with Crippen molar-refractivity contribution in [2.45, 2.75) is 45.1 Å². The number of piperidine rings is 1. The van der Waals surface area contributed by atoms with E-state index in [2.05, 4.69) is 10.2 Å². The first-order valence-corrected chi connectivity index (χ1v) is 6.20. The normalized spacial score (nSPS) is 33.4. The van der Waals surface area contributed by atoms with E-state index in [1.54, 1.807) is 6.92 Å². The molecule has 2 fully saturated rings. The van der Waals surface area contributed by atoms with Gasteiger partial charge in [-0.25, -0.2) is 8.78 Å². The number of amides is 1. The molecular weight excluding hydrogens is 226 g/mol. The van der Waals surface area contributed by atoms with Crippen molar-refractivity contribution in [2.75, 3.05) is 19.6 Å². The zero-order valence-corrected chi connectivity index (χ0v) is 10.4. The van der Waals surface area contributed by atoms with E-state index in [-0.39, 0.29) is 18.4 Å². The van der Waals surface area contributed by atoms with Crippen molar-refractivity contribution >= 4 is 5.91 Å². The molecule has 0 bridgehead atoms. The third-order valence-electron chi connectivity index (χ3n) is 3.94. The van der Waals surface area contributed by atoms with Crippen molar-refractivity contribution in [3.05, 3.63) is 0 Å². The molecule has 0 aromatic carbocycles. The highest BCUT2D eigenvalue weighted by Crippen LogP contribution is 2.60. The Morgan fingerprint density at radius 1 is 1.41 bits per heavy atom. The molecule has 0 aromatic rings. The van der Waals surface area contributed by atoms with Gasteiger partial charge in [0.1, 0.15) is 0 Å². The van der Waals surface area contributed by atoms with Gasteiger partial charge < -0.3 is 10.2 Å². The summed E-state index contributed by atoms with van der Waals surface area (Å²) in [6.45, 7) is 5.26. The molecule has 1 heterocycles. The minimum absolute atomic E-state index is 0.0101. The Balaban J connectivity index is 1.75. The van der Waals surface area contributed by atoms with E-state index in [1.807, 2.05) is 0 Å². The molecule has 3 nitrogen and oxygen atoms in total. The van der Waals surface area contributed by atoms with Crippen LogP contribution in [0.4, 0.5) is 8.78 Å². The van der Waals surface area contributed by atoms with E-state index in [0.29, 0.717) is 6.54 Å². The van der Waals surface area contributed by atoms with Gasteiger partial charge in [0.2, 0.25) is 5.91 Å². The van der Waals surface area contributed by atoms with Gasteiger partial charge in [0, 0.05) is 44.4 Å². The second-order valence-corrected chi connectivity index (χ2v) is 5.69. The highest BCUT2D eigenvalue weighted by atomic mass is 19.3. The lowest BCUT2D eigenvalue weighted by Crippen LogP contribution is -2.45. The fraction of sp³-hybridized carbons (Fsp3) is 0.917. The summed E-state index contributed by atoms with van der Waals surface area (Å²) in [6, 6.07) is 0.219. The Labute approximate surface area is 101 Å². The second-order valence-electron chi connectivity index (χ2n) is 5.69. The van der Waals surface area contributed by atoms with Crippen LogP contribution < -0.4 is 5.32 Å². The minimum atomic E-state index is -2.47. The van der Waals surface area contributed by atoms with Crippen LogP contribution in [-0.2, 0) is 4.79 Å². The number of halogens is 2. The van der Waals surface area contributed by atoms with Crippen LogP contribution >= 0.6 is 0 Å². The van der Waals surface area contributed by atoms with Crippen molar-refractivity contribution < 1.29 is 13.6 Å². The molecule has 0 spiro atoms. The van der Waals surface area contributed by atoms with E-state index >= 15 is 0 Å². The van der Waals surface area contributed by atoms with E-state index in [9.17, 15) is 13.6 Å². The van der Waals surface area contributed by atoms with Gasteiger partial charge in [0.25, 0.3) is 5.92 Å². The second kappa shape index (κ2) is 4.19. The van der Waals surface area contributed by atoms with Crippen LogP contribution in [0, 0.1) is 5.41 Å². The van der Waals surface area contributed by atoms with Crippen molar-refractivity contribution in [3.8, 4) is 0 Å². The van der Waals surface area contributed by atoms with Crippen LogP contribution in [0.2, 0.25) is 0 Å². The molecule has 17 heavy (non-hydrogen) atoms. The highest BCUT2D eigenvalue weighted by Gasteiger charge is 2.67. The fourth-order valence-electron chi connectivity index (χ4n) is 2.63. The van der Waals surface area contributed by atoms with Gasteiger partial charge in [-0.15, -0.1) is 0 Å². The Kier molecular flexibility index (Phi) is 3.14. The molecule has 0 aromatic heterocycles. The molecule has 1 saturated carbocycles. The number of carbonyl (C=O) groups is 1. The maximum absolute atomic E-state index is 13.1. The fourth-order valence-corrected chi connectivity index (χ4v) is 2.63. The number of rotatable bonds is 3. The summed E-state index contributed by atoms with van der Waals surface area (Å²) in [5.41, 5.74) is -0.812. The van der Waals surface area contributed by atoms with Crippen LogP contribution in [-0.4, -0.2) is 42.4 Å². The van der Waals surface area contributed by atoms with E-state index < -0.39 is 11.3 Å². The Bertz CT molecular complexity index is 314. The molecule has 1 aliphatic carbocycles. The standard InChI is InChI=1S/C12H20F2N2O/c1-9(17)15-10-3-5-16(6-4-10)8-11(2)7-12(11,13)14/h10H,3-8H2,1-2H3,(H,15,17). The van der Waals surface area contributed by atoms with Crippen LogP contribution in [0.3, 0.4) is 0 Å². The number of carbonyl (C=O) groups excluding carboxylic acids is 1. The van der Waals surface area contributed by atoms with Crippen molar-refractivity contribution in [1.29, 1.82) is 0 Å². The molecule has 98 valence electrons. The van der Waals surface area contributed by atoms with Gasteiger partial charge in [0.15, 0.2) is 0 Å². The zero-order valence-electron chi connectivity index (χ0n) is 10.4. The molecule has 5 heteroatoms. The topological polar surface area (TPSA) is 32.3 Å². The first-order valence-electron chi connectivity index (χ1n) is 6.20. The molecule has 1 N–H and O–H groups in total. The van der Waals surface area contributed by atoms with Crippen LogP contribution in [0.25, 0.3) is 0 Å². The molecule has 1 saturated heterocycles. The van der Waals surface area contributed by atoms with Gasteiger partial charge in [-0.3, -0.25) is 4.79 Å².